The summed E-state index contributed by atoms with van der Waals surface area (Å²) in [5.41, 5.74) is 2.82. The molecule has 1 fully saturated rings. The first-order chi connectivity index (χ1) is 10.1. The van der Waals surface area contributed by atoms with Crippen molar-refractivity contribution in [3.63, 3.8) is 0 Å². The van der Waals surface area contributed by atoms with Crippen LogP contribution < -0.4 is 5.32 Å². The van der Waals surface area contributed by atoms with Crippen LogP contribution in [0.2, 0.25) is 0 Å². The van der Waals surface area contributed by atoms with Crippen molar-refractivity contribution in [2.24, 2.45) is 0 Å². The SMILES string of the molecule is CC1(c2cncn2-c2cc(Br)ccc2C#N)CCNCC1. The Kier molecular flexibility index (Phi) is 3.83. The average molecular weight is 345 g/mol. The van der Waals surface area contributed by atoms with Gasteiger partial charge in [0, 0.05) is 21.8 Å². The molecule has 5 heteroatoms. The second-order valence-electron chi connectivity index (χ2n) is 5.73. The van der Waals surface area contributed by atoms with E-state index in [9.17, 15) is 5.26 Å². The standard InChI is InChI=1S/C16H17BrN4/c1-16(4-6-19-7-5-16)15-10-20-11-21(15)14-8-13(17)3-2-12(14)9-18/h2-3,8,10-11,19H,4-7H2,1H3. The van der Waals surface area contributed by atoms with Crippen LogP contribution >= 0.6 is 15.9 Å². The second-order valence-corrected chi connectivity index (χ2v) is 6.65. The lowest BCUT2D eigenvalue weighted by Crippen LogP contribution is -2.38. The lowest BCUT2D eigenvalue weighted by molar-refractivity contribution is 0.324. The number of halogens is 1. The fourth-order valence-corrected chi connectivity index (χ4v) is 3.32. The number of benzene rings is 1. The normalized spacial score (nSPS) is 17.4. The van der Waals surface area contributed by atoms with Crippen LogP contribution in [-0.2, 0) is 5.41 Å². The highest BCUT2D eigenvalue weighted by molar-refractivity contribution is 9.10. The van der Waals surface area contributed by atoms with Crippen LogP contribution in [0.25, 0.3) is 5.69 Å². The van der Waals surface area contributed by atoms with Gasteiger partial charge in [-0.25, -0.2) is 4.98 Å². The van der Waals surface area contributed by atoms with Crippen molar-refractivity contribution in [2.45, 2.75) is 25.2 Å². The molecule has 1 aromatic carbocycles. The van der Waals surface area contributed by atoms with Gasteiger partial charge in [0.2, 0.25) is 0 Å². The Morgan fingerprint density at radius 1 is 1.38 bits per heavy atom. The van der Waals surface area contributed by atoms with E-state index in [1.165, 1.54) is 5.69 Å². The van der Waals surface area contributed by atoms with Gasteiger partial charge in [-0.2, -0.15) is 5.26 Å². The van der Waals surface area contributed by atoms with Gasteiger partial charge < -0.3 is 9.88 Å². The highest BCUT2D eigenvalue weighted by atomic mass is 79.9. The Morgan fingerprint density at radius 2 is 2.14 bits per heavy atom. The van der Waals surface area contributed by atoms with Crippen molar-refractivity contribution >= 4 is 15.9 Å². The predicted octanol–water partition coefficient (Wildman–Crippen LogP) is 3.15. The average Bonchev–Trinajstić information content (AvgIpc) is 2.98. The van der Waals surface area contributed by atoms with Gasteiger partial charge in [0.1, 0.15) is 6.07 Å². The molecule has 1 aromatic heterocycles. The summed E-state index contributed by atoms with van der Waals surface area (Å²) in [6.07, 6.45) is 5.90. The minimum Gasteiger partial charge on any atom is -0.317 e. The number of aromatic nitrogens is 2. The molecule has 0 spiro atoms. The Balaban J connectivity index is 2.11. The van der Waals surface area contributed by atoms with Crippen molar-refractivity contribution in [2.75, 3.05) is 13.1 Å². The molecule has 0 saturated carbocycles. The Morgan fingerprint density at radius 3 is 2.86 bits per heavy atom. The number of nitriles is 1. The van der Waals surface area contributed by atoms with E-state index in [1.807, 2.05) is 30.7 Å². The zero-order chi connectivity index (χ0) is 14.9. The van der Waals surface area contributed by atoms with Gasteiger partial charge >= 0.3 is 0 Å². The van der Waals surface area contributed by atoms with Crippen LogP contribution in [-0.4, -0.2) is 22.6 Å². The second kappa shape index (κ2) is 5.63. The van der Waals surface area contributed by atoms with Gasteiger partial charge in [-0.15, -0.1) is 0 Å². The molecule has 0 radical (unpaired) electrons. The largest absolute Gasteiger partial charge is 0.317 e. The Hall–Kier alpha value is -1.64. The van der Waals surface area contributed by atoms with E-state index in [0.29, 0.717) is 5.56 Å². The van der Waals surface area contributed by atoms with Crippen LogP contribution in [0.3, 0.4) is 0 Å². The van der Waals surface area contributed by atoms with Crippen molar-refractivity contribution < 1.29 is 0 Å². The predicted molar refractivity (Wildman–Crippen MR) is 85.4 cm³/mol. The number of hydrogen-bond donors (Lipinski definition) is 1. The van der Waals surface area contributed by atoms with Crippen molar-refractivity contribution in [1.29, 1.82) is 5.26 Å². The Bertz CT molecular complexity index is 693. The summed E-state index contributed by atoms with van der Waals surface area (Å²) in [6.45, 7) is 4.32. The lowest BCUT2D eigenvalue weighted by Gasteiger charge is -2.34. The van der Waals surface area contributed by atoms with Crippen LogP contribution in [0.1, 0.15) is 31.0 Å². The minimum absolute atomic E-state index is 0.0940. The highest BCUT2D eigenvalue weighted by Crippen LogP contribution is 2.34. The molecule has 3 rings (SSSR count). The number of piperidine rings is 1. The molecule has 1 saturated heterocycles. The summed E-state index contributed by atoms with van der Waals surface area (Å²) in [4.78, 5) is 4.34. The molecule has 21 heavy (non-hydrogen) atoms. The summed E-state index contributed by atoms with van der Waals surface area (Å²) in [5.74, 6) is 0. The van der Waals surface area contributed by atoms with Crippen molar-refractivity contribution in [3.8, 4) is 11.8 Å². The third kappa shape index (κ3) is 2.61. The molecule has 1 aliphatic heterocycles. The van der Waals surface area contributed by atoms with E-state index in [-0.39, 0.29) is 5.41 Å². The van der Waals surface area contributed by atoms with E-state index in [2.05, 4.69) is 43.8 Å². The van der Waals surface area contributed by atoms with E-state index in [4.69, 9.17) is 0 Å². The third-order valence-corrected chi connectivity index (χ3v) is 4.80. The number of hydrogen-bond acceptors (Lipinski definition) is 3. The van der Waals surface area contributed by atoms with Gasteiger partial charge in [-0.1, -0.05) is 22.9 Å². The highest BCUT2D eigenvalue weighted by Gasteiger charge is 2.32. The molecule has 2 heterocycles. The summed E-state index contributed by atoms with van der Waals surface area (Å²) >= 11 is 3.49. The third-order valence-electron chi connectivity index (χ3n) is 4.30. The summed E-state index contributed by atoms with van der Waals surface area (Å²) in [7, 11) is 0. The topological polar surface area (TPSA) is 53.6 Å². The summed E-state index contributed by atoms with van der Waals surface area (Å²) in [5, 5.41) is 12.8. The smallest absolute Gasteiger partial charge is 0.101 e. The molecule has 108 valence electrons. The molecule has 0 atom stereocenters. The van der Waals surface area contributed by atoms with Crippen LogP contribution in [0.4, 0.5) is 0 Å². The molecule has 0 bridgehead atoms. The molecule has 2 aromatic rings. The zero-order valence-corrected chi connectivity index (χ0v) is 13.5. The van der Waals surface area contributed by atoms with Gasteiger partial charge in [0.15, 0.2) is 0 Å². The molecule has 1 N–H and O–H groups in total. The molecule has 0 amide bonds. The maximum absolute atomic E-state index is 9.36. The molecule has 0 aliphatic carbocycles. The molecular formula is C16H17BrN4. The van der Waals surface area contributed by atoms with Gasteiger partial charge in [-0.05, 0) is 44.1 Å². The van der Waals surface area contributed by atoms with E-state index < -0.39 is 0 Å². The zero-order valence-electron chi connectivity index (χ0n) is 11.9. The molecular weight excluding hydrogens is 328 g/mol. The molecule has 4 nitrogen and oxygen atoms in total. The van der Waals surface area contributed by atoms with E-state index >= 15 is 0 Å². The first-order valence-corrected chi connectivity index (χ1v) is 7.87. The number of imidazole rings is 1. The maximum Gasteiger partial charge on any atom is 0.101 e. The summed E-state index contributed by atoms with van der Waals surface area (Å²) in [6, 6.07) is 7.99. The minimum atomic E-state index is 0.0940. The monoisotopic (exact) mass is 344 g/mol. The Labute approximate surface area is 132 Å². The van der Waals surface area contributed by atoms with E-state index in [1.54, 1.807) is 0 Å². The van der Waals surface area contributed by atoms with Crippen LogP contribution in [0, 0.1) is 11.3 Å². The molecule has 1 aliphatic rings. The van der Waals surface area contributed by atoms with Gasteiger partial charge in [-0.3, -0.25) is 0 Å². The fourth-order valence-electron chi connectivity index (χ4n) is 2.97. The van der Waals surface area contributed by atoms with Gasteiger partial charge in [0.05, 0.1) is 17.6 Å². The quantitative estimate of drug-likeness (QED) is 0.910. The van der Waals surface area contributed by atoms with Crippen molar-refractivity contribution in [1.82, 2.24) is 14.9 Å². The van der Waals surface area contributed by atoms with Crippen LogP contribution in [0.5, 0.6) is 0 Å². The number of nitrogens with zero attached hydrogens (tertiary/aromatic N) is 3. The van der Waals surface area contributed by atoms with Gasteiger partial charge in [0.25, 0.3) is 0 Å². The van der Waals surface area contributed by atoms with E-state index in [0.717, 1.165) is 36.1 Å². The number of nitrogens with one attached hydrogen (secondary N) is 1. The fraction of sp³-hybridized carbons (Fsp3) is 0.375. The van der Waals surface area contributed by atoms with Crippen molar-refractivity contribution in [3.05, 3.63) is 46.5 Å². The van der Waals surface area contributed by atoms with Crippen LogP contribution in [0.15, 0.2) is 35.2 Å². The first-order valence-electron chi connectivity index (χ1n) is 7.08. The summed E-state index contributed by atoms with van der Waals surface area (Å²) < 4.78 is 3.03. The maximum atomic E-state index is 9.36. The number of rotatable bonds is 2. The lowest BCUT2D eigenvalue weighted by atomic mass is 9.78. The molecule has 0 unspecified atom stereocenters. The first kappa shape index (κ1) is 14.3.